The molecule has 0 aliphatic heterocycles. The molecule has 0 radical (unpaired) electrons. The van der Waals surface area contributed by atoms with Gasteiger partial charge in [-0.1, -0.05) is 170 Å². The van der Waals surface area contributed by atoms with Crippen LogP contribution in [0.15, 0.2) is 182 Å². The van der Waals surface area contributed by atoms with Crippen LogP contribution in [-0.4, -0.2) is 15.0 Å². The summed E-state index contributed by atoms with van der Waals surface area (Å²) in [6, 6.07) is 63.4. The highest BCUT2D eigenvalue weighted by molar-refractivity contribution is 5.85. The zero-order valence-electron chi connectivity index (χ0n) is 27.2. The normalized spacial score (nSPS) is 11.0. The summed E-state index contributed by atoms with van der Waals surface area (Å²) in [4.78, 5) is 15.1. The van der Waals surface area contributed by atoms with Crippen molar-refractivity contribution in [3.05, 3.63) is 188 Å². The van der Waals surface area contributed by atoms with Gasteiger partial charge in [0, 0.05) is 16.7 Å². The van der Waals surface area contributed by atoms with Crippen LogP contribution in [0.2, 0.25) is 0 Å². The summed E-state index contributed by atoms with van der Waals surface area (Å²) in [5.41, 5.74) is 13.4. The summed E-state index contributed by atoms with van der Waals surface area (Å²) in [5.74, 6) is 1.93. The van der Waals surface area contributed by atoms with E-state index in [2.05, 4.69) is 116 Å². The maximum Gasteiger partial charge on any atom is 0.164 e. The lowest BCUT2D eigenvalue weighted by Crippen LogP contribution is -2.01. The summed E-state index contributed by atoms with van der Waals surface area (Å²) in [5, 5.41) is 0. The monoisotopic (exact) mass is 627 g/mol. The van der Waals surface area contributed by atoms with E-state index in [1.54, 1.807) is 0 Å². The summed E-state index contributed by atoms with van der Waals surface area (Å²) in [6.07, 6.45) is 0. The molecule has 0 aliphatic carbocycles. The third kappa shape index (κ3) is 6.30. The maximum absolute atomic E-state index is 5.08. The van der Waals surface area contributed by atoms with E-state index in [0.717, 1.165) is 38.9 Å². The third-order valence-electron chi connectivity index (χ3n) is 8.97. The first-order chi connectivity index (χ1) is 24.2. The SMILES string of the molecule is Cc1c(-c2ccc(-c3ccccc3)cc2)cc(-c2nc(-c3ccccc3)nc(-c3ccccc3)n2)cc1-c1ccc(-c2ccccc2)cc1. The van der Waals surface area contributed by atoms with Gasteiger partial charge in [0.2, 0.25) is 0 Å². The second-order valence-electron chi connectivity index (χ2n) is 12.1. The first-order valence-corrected chi connectivity index (χ1v) is 16.5. The zero-order chi connectivity index (χ0) is 33.0. The van der Waals surface area contributed by atoms with Gasteiger partial charge in [-0.2, -0.15) is 0 Å². The number of aromatic nitrogens is 3. The van der Waals surface area contributed by atoms with Crippen LogP contribution in [0.1, 0.15) is 5.56 Å². The Morgan fingerprint density at radius 3 is 0.878 bits per heavy atom. The Labute approximate surface area is 287 Å². The molecule has 232 valence electrons. The minimum atomic E-state index is 0.636. The van der Waals surface area contributed by atoms with E-state index in [1.807, 2.05) is 72.8 Å². The molecule has 0 fully saturated rings. The van der Waals surface area contributed by atoms with Crippen molar-refractivity contribution in [2.45, 2.75) is 6.92 Å². The van der Waals surface area contributed by atoms with E-state index >= 15 is 0 Å². The number of hydrogen-bond donors (Lipinski definition) is 0. The molecule has 3 heteroatoms. The fourth-order valence-electron chi connectivity index (χ4n) is 6.33. The van der Waals surface area contributed by atoms with E-state index in [-0.39, 0.29) is 0 Å². The van der Waals surface area contributed by atoms with Crippen molar-refractivity contribution in [3.8, 4) is 78.7 Å². The number of nitrogens with zero attached hydrogens (tertiary/aromatic N) is 3. The number of rotatable bonds is 7. The average molecular weight is 628 g/mol. The van der Waals surface area contributed by atoms with Crippen molar-refractivity contribution in [2.75, 3.05) is 0 Å². The van der Waals surface area contributed by atoms with Crippen LogP contribution in [0.25, 0.3) is 78.7 Å². The topological polar surface area (TPSA) is 38.7 Å². The fourth-order valence-corrected chi connectivity index (χ4v) is 6.33. The minimum Gasteiger partial charge on any atom is -0.208 e. The van der Waals surface area contributed by atoms with Crippen LogP contribution in [0.4, 0.5) is 0 Å². The van der Waals surface area contributed by atoms with Crippen LogP contribution >= 0.6 is 0 Å². The van der Waals surface area contributed by atoms with E-state index in [4.69, 9.17) is 15.0 Å². The molecule has 0 aliphatic rings. The quantitative estimate of drug-likeness (QED) is 0.176. The van der Waals surface area contributed by atoms with Gasteiger partial charge in [0.15, 0.2) is 17.5 Å². The van der Waals surface area contributed by atoms with E-state index in [1.165, 1.54) is 27.8 Å². The van der Waals surface area contributed by atoms with E-state index < -0.39 is 0 Å². The molecule has 0 saturated carbocycles. The molecule has 1 aromatic heterocycles. The highest BCUT2D eigenvalue weighted by atomic mass is 15.0. The lowest BCUT2D eigenvalue weighted by molar-refractivity contribution is 1.07. The Hall–Kier alpha value is -6.45. The smallest absolute Gasteiger partial charge is 0.164 e. The molecule has 0 bridgehead atoms. The summed E-state index contributed by atoms with van der Waals surface area (Å²) >= 11 is 0. The Balaban J connectivity index is 1.31. The number of benzene rings is 7. The van der Waals surface area contributed by atoms with Gasteiger partial charge in [0.05, 0.1) is 0 Å². The molecule has 8 rings (SSSR count). The van der Waals surface area contributed by atoms with Crippen molar-refractivity contribution in [1.82, 2.24) is 15.0 Å². The lowest BCUT2D eigenvalue weighted by Gasteiger charge is -2.17. The maximum atomic E-state index is 5.08. The zero-order valence-corrected chi connectivity index (χ0v) is 27.2. The van der Waals surface area contributed by atoms with Crippen LogP contribution in [0.3, 0.4) is 0 Å². The second-order valence-corrected chi connectivity index (χ2v) is 12.1. The molecule has 0 N–H and O–H groups in total. The van der Waals surface area contributed by atoms with Crippen molar-refractivity contribution in [1.29, 1.82) is 0 Å². The summed E-state index contributed by atoms with van der Waals surface area (Å²) in [7, 11) is 0. The third-order valence-corrected chi connectivity index (χ3v) is 8.97. The first kappa shape index (κ1) is 29.9. The Morgan fingerprint density at radius 1 is 0.265 bits per heavy atom. The molecule has 49 heavy (non-hydrogen) atoms. The molecule has 0 atom stereocenters. The van der Waals surface area contributed by atoms with Gasteiger partial charge in [-0.25, -0.2) is 15.0 Å². The van der Waals surface area contributed by atoms with Gasteiger partial charge in [-0.05, 0) is 69.1 Å². The largest absolute Gasteiger partial charge is 0.208 e. The van der Waals surface area contributed by atoms with Crippen molar-refractivity contribution >= 4 is 0 Å². The highest BCUT2D eigenvalue weighted by Crippen LogP contribution is 2.38. The minimum absolute atomic E-state index is 0.636. The van der Waals surface area contributed by atoms with Crippen LogP contribution in [0, 0.1) is 6.92 Å². The molecule has 0 saturated heterocycles. The standard InChI is InChI=1S/C46H33N3/c1-32-42(37-26-22-35(23-27-37)33-14-6-2-7-15-33)30-41(31-43(32)38-28-24-36(25-29-38)34-16-8-3-9-17-34)46-48-44(39-18-10-4-11-19-39)47-45(49-46)40-20-12-5-13-21-40/h2-31H,1H3. The van der Waals surface area contributed by atoms with Crippen molar-refractivity contribution in [2.24, 2.45) is 0 Å². The number of hydrogen-bond acceptors (Lipinski definition) is 3. The Bertz CT molecular complexity index is 2170. The van der Waals surface area contributed by atoms with Gasteiger partial charge in [0.25, 0.3) is 0 Å². The van der Waals surface area contributed by atoms with Crippen LogP contribution in [0.5, 0.6) is 0 Å². The van der Waals surface area contributed by atoms with Gasteiger partial charge in [-0.15, -0.1) is 0 Å². The predicted molar refractivity (Wildman–Crippen MR) is 203 cm³/mol. The molecule has 8 aromatic rings. The van der Waals surface area contributed by atoms with Gasteiger partial charge >= 0.3 is 0 Å². The molecule has 7 aromatic carbocycles. The van der Waals surface area contributed by atoms with Crippen molar-refractivity contribution in [3.63, 3.8) is 0 Å². The Morgan fingerprint density at radius 2 is 0.531 bits per heavy atom. The summed E-state index contributed by atoms with van der Waals surface area (Å²) in [6.45, 7) is 2.21. The Kier molecular flexibility index (Phi) is 8.15. The second kappa shape index (κ2) is 13.3. The summed E-state index contributed by atoms with van der Waals surface area (Å²) < 4.78 is 0. The first-order valence-electron chi connectivity index (χ1n) is 16.5. The van der Waals surface area contributed by atoms with Crippen LogP contribution < -0.4 is 0 Å². The van der Waals surface area contributed by atoms with Crippen molar-refractivity contribution < 1.29 is 0 Å². The molecule has 0 amide bonds. The van der Waals surface area contributed by atoms with E-state index in [9.17, 15) is 0 Å². The van der Waals surface area contributed by atoms with Gasteiger partial charge in [0.1, 0.15) is 0 Å². The van der Waals surface area contributed by atoms with Gasteiger partial charge < -0.3 is 0 Å². The van der Waals surface area contributed by atoms with E-state index in [0.29, 0.717) is 17.5 Å². The van der Waals surface area contributed by atoms with Gasteiger partial charge in [-0.3, -0.25) is 0 Å². The fraction of sp³-hybridized carbons (Fsp3) is 0.0217. The molecule has 3 nitrogen and oxygen atoms in total. The molecule has 0 unspecified atom stereocenters. The molecule has 1 heterocycles. The predicted octanol–water partition coefficient (Wildman–Crippen LogP) is 11.8. The average Bonchev–Trinajstić information content (AvgIpc) is 3.19. The lowest BCUT2D eigenvalue weighted by atomic mass is 9.89. The highest BCUT2D eigenvalue weighted by Gasteiger charge is 2.17. The molecule has 0 spiro atoms. The van der Waals surface area contributed by atoms with Crippen LogP contribution in [-0.2, 0) is 0 Å². The molecular weight excluding hydrogens is 595 g/mol. The molecular formula is C46H33N3.